The van der Waals surface area contributed by atoms with Crippen molar-refractivity contribution in [2.24, 2.45) is 10.7 Å². The van der Waals surface area contributed by atoms with Gasteiger partial charge < -0.3 is 5.73 Å². The summed E-state index contributed by atoms with van der Waals surface area (Å²) in [4.78, 5) is 3.92. The van der Waals surface area contributed by atoms with Crippen LogP contribution >= 0.6 is 108 Å². The van der Waals surface area contributed by atoms with Crippen LogP contribution in [0.1, 0.15) is 5.56 Å². The molecule has 0 aliphatic rings. The van der Waals surface area contributed by atoms with Crippen LogP contribution in [-0.2, 0) is 5.75 Å². The highest BCUT2D eigenvalue weighted by molar-refractivity contribution is 9.15. The van der Waals surface area contributed by atoms with Gasteiger partial charge in [-0.15, -0.1) is 17.0 Å². The molecule has 2 N–H and O–H groups in total. The Morgan fingerprint density at radius 3 is 1.78 bits per heavy atom. The summed E-state index contributed by atoms with van der Waals surface area (Å²) in [7, 11) is 1.68. The zero-order chi connectivity index (χ0) is 13.2. The van der Waals surface area contributed by atoms with Crippen LogP contribution in [0.4, 0.5) is 0 Å². The van der Waals surface area contributed by atoms with E-state index in [-0.39, 0.29) is 17.0 Å². The molecule has 0 bridgehead atoms. The summed E-state index contributed by atoms with van der Waals surface area (Å²) in [5.74, 6) is 0.731. The number of nitrogens with zero attached hydrogens (tertiary/aromatic N) is 1. The van der Waals surface area contributed by atoms with Gasteiger partial charge in [0.05, 0.1) is 0 Å². The molecule has 1 rings (SSSR count). The van der Waals surface area contributed by atoms with Crippen LogP contribution in [-0.4, -0.2) is 12.2 Å². The number of hydrogen-bond donors (Lipinski definition) is 1. The van der Waals surface area contributed by atoms with Crippen molar-refractivity contribution < 1.29 is 0 Å². The number of amidine groups is 1. The lowest BCUT2D eigenvalue weighted by atomic mass is 10.2. The van der Waals surface area contributed by atoms with Crippen molar-refractivity contribution in [1.29, 1.82) is 0 Å². The Morgan fingerprint density at radius 1 is 1.00 bits per heavy atom. The molecule has 0 heterocycles. The fourth-order valence-electron chi connectivity index (χ4n) is 0.988. The summed E-state index contributed by atoms with van der Waals surface area (Å²) < 4.78 is 4.89. The molecule has 0 atom stereocenters. The number of halogens is 6. The van der Waals surface area contributed by atoms with E-state index < -0.39 is 0 Å². The number of thioether (sulfide) groups is 1. The molecular weight excluding hydrogens is 648 g/mol. The summed E-state index contributed by atoms with van der Waals surface area (Å²) >= 11 is 19.2. The molecule has 0 aliphatic carbocycles. The first-order valence-electron chi connectivity index (χ1n) is 4.25. The lowest BCUT2D eigenvalue weighted by Crippen LogP contribution is -2.06. The minimum atomic E-state index is 0. The maximum Gasteiger partial charge on any atom is 0.153 e. The molecule has 1 aromatic rings. The molecular formula is C9H8Br6N2S. The van der Waals surface area contributed by atoms with E-state index in [9.17, 15) is 0 Å². The first-order valence-corrected chi connectivity index (χ1v) is 9.20. The maximum absolute atomic E-state index is 5.68. The number of rotatable bonds is 2. The number of nitrogens with two attached hydrogens (primary N) is 1. The standard InChI is InChI=1S/C9H7Br5N2S.BrH/c1-16-9(15)17-2-3-4(10)6(12)8(14)7(13)5(3)11;/h2H2,1H3,(H2,15,16);1H. The monoisotopic (exact) mass is 650 g/mol. The van der Waals surface area contributed by atoms with Crippen molar-refractivity contribution in [1.82, 2.24) is 0 Å². The topological polar surface area (TPSA) is 38.4 Å². The Labute approximate surface area is 163 Å². The number of aliphatic imine (C=N–C) groups is 1. The molecule has 0 saturated carbocycles. The Balaban J connectivity index is 0.00000289. The number of hydrogen-bond acceptors (Lipinski definition) is 2. The van der Waals surface area contributed by atoms with E-state index in [1.54, 1.807) is 7.05 Å². The van der Waals surface area contributed by atoms with Gasteiger partial charge in [0, 0.05) is 35.2 Å². The molecule has 18 heavy (non-hydrogen) atoms. The van der Waals surface area contributed by atoms with Gasteiger partial charge >= 0.3 is 0 Å². The maximum atomic E-state index is 5.68. The van der Waals surface area contributed by atoms with Gasteiger partial charge in [0.25, 0.3) is 0 Å². The third kappa shape index (κ3) is 4.73. The van der Waals surface area contributed by atoms with Crippen LogP contribution in [0.3, 0.4) is 0 Å². The van der Waals surface area contributed by atoms with Crippen molar-refractivity contribution in [3.8, 4) is 0 Å². The lowest BCUT2D eigenvalue weighted by molar-refractivity contribution is 1.30. The Bertz CT molecular complexity index is 448. The average Bonchev–Trinajstić information content (AvgIpc) is 2.33. The minimum absolute atomic E-state index is 0. The summed E-state index contributed by atoms with van der Waals surface area (Å²) in [6, 6.07) is 0. The van der Waals surface area contributed by atoms with Gasteiger partial charge in [-0.1, -0.05) is 11.8 Å². The molecule has 9 heteroatoms. The van der Waals surface area contributed by atoms with E-state index in [4.69, 9.17) is 5.73 Å². The van der Waals surface area contributed by atoms with Crippen molar-refractivity contribution in [3.63, 3.8) is 0 Å². The van der Waals surface area contributed by atoms with Crippen molar-refractivity contribution in [3.05, 3.63) is 27.9 Å². The van der Waals surface area contributed by atoms with Crippen LogP contribution in [0, 0.1) is 0 Å². The van der Waals surface area contributed by atoms with Gasteiger partial charge in [-0.25, -0.2) is 0 Å². The van der Waals surface area contributed by atoms with E-state index in [1.807, 2.05) is 0 Å². The molecule has 0 saturated heterocycles. The molecule has 1 aromatic carbocycles. The fraction of sp³-hybridized carbons (Fsp3) is 0.222. The molecule has 0 spiro atoms. The van der Waals surface area contributed by atoms with Crippen LogP contribution in [0.2, 0.25) is 0 Å². The van der Waals surface area contributed by atoms with E-state index in [0.717, 1.165) is 33.7 Å². The van der Waals surface area contributed by atoms with Crippen LogP contribution in [0.25, 0.3) is 0 Å². The van der Waals surface area contributed by atoms with E-state index >= 15 is 0 Å². The second-order valence-electron chi connectivity index (χ2n) is 2.90. The highest BCUT2D eigenvalue weighted by Gasteiger charge is 2.17. The number of benzene rings is 1. The highest BCUT2D eigenvalue weighted by atomic mass is 79.9. The summed E-state index contributed by atoms with van der Waals surface area (Å²) in [6.45, 7) is 0. The first kappa shape index (κ1) is 19.9. The Morgan fingerprint density at radius 2 is 1.39 bits per heavy atom. The second kappa shape index (κ2) is 9.04. The Kier molecular flexibility index (Phi) is 10.0. The minimum Gasteiger partial charge on any atom is -0.379 e. The third-order valence-electron chi connectivity index (χ3n) is 1.89. The second-order valence-corrected chi connectivity index (χ2v) is 7.86. The zero-order valence-electron chi connectivity index (χ0n) is 8.94. The molecule has 0 aliphatic heterocycles. The molecule has 0 fully saturated rings. The summed E-state index contributed by atoms with van der Waals surface area (Å²) in [6.07, 6.45) is 0. The zero-order valence-corrected chi connectivity index (χ0v) is 19.4. The van der Waals surface area contributed by atoms with Crippen LogP contribution < -0.4 is 5.73 Å². The smallest absolute Gasteiger partial charge is 0.153 e. The van der Waals surface area contributed by atoms with Gasteiger partial charge in [-0.3, -0.25) is 4.99 Å². The van der Waals surface area contributed by atoms with Crippen molar-refractivity contribution >= 4 is 114 Å². The van der Waals surface area contributed by atoms with Crippen molar-refractivity contribution in [2.75, 3.05) is 7.05 Å². The SMILES string of the molecule is Br.CN=C(N)SCc1c(Br)c(Br)c(Br)c(Br)c1Br. The van der Waals surface area contributed by atoms with Gasteiger partial charge in [-0.2, -0.15) is 0 Å². The summed E-state index contributed by atoms with van der Waals surface area (Å²) in [5.41, 5.74) is 6.79. The van der Waals surface area contributed by atoms with Crippen LogP contribution in [0.15, 0.2) is 27.4 Å². The molecule has 0 aromatic heterocycles. The molecule has 0 amide bonds. The largest absolute Gasteiger partial charge is 0.379 e. The third-order valence-corrected chi connectivity index (χ3v) is 9.05. The van der Waals surface area contributed by atoms with Gasteiger partial charge in [0.2, 0.25) is 0 Å². The fourth-order valence-corrected chi connectivity index (χ4v) is 5.48. The molecule has 0 unspecified atom stereocenters. The lowest BCUT2D eigenvalue weighted by Gasteiger charge is -2.13. The molecule has 2 nitrogen and oxygen atoms in total. The molecule has 102 valence electrons. The van der Waals surface area contributed by atoms with Crippen molar-refractivity contribution in [2.45, 2.75) is 5.75 Å². The first-order chi connectivity index (χ1) is 7.90. The quantitative estimate of drug-likeness (QED) is 0.177. The summed E-state index contributed by atoms with van der Waals surface area (Å²) in [5, 5.41) is 0.568. The van der Waals surface area contributed by atoms with E-state index in [1.165, 1.54) is 11.8 Å². The predicted octanol–water partition coefficient (Wildman–Crippen LogP) is 6.25. The average molecular weight is 656 g/mol. The van der Waals surface area contributed by atoms with E-state index in [0.29, 0.717) is 5.17 Å². The normalized spacial score (nSPS) is 11.3. The predicted molar refractivity (Wildman–Crippen MR) is 104 cm³/mol. The molecule has 0 radical (unpaired) electrons. The van der Waals surface area contributed by atoms with E-state index in [2.05, 4.69) is 84.6 Å². The highest BCUT2D eigenvalue weighted by Crippen LogP contribution is 2.45. The van der Waals surface area contributed by atoms with Crippen LogP contribution in [0.5, 0.6) is 0 Å². The Hall–Kier alpha value is 1.92. The van der Waals surface area contributed by atoms with Gasteiger partial charge in [0.1, 0.15) is 0 Å². The van der Waals surface area contributed by atoms with Gasteiger partial charge in [0.15, 0.2) is 5.17 Å². The van der Waals surface area contributed by atoms with Gasteiger partial charge in [-0.05, 0) is 85.2 Å².